The summed E-state index contributed by atoms with van der Waals surface area (Å²) in [4.78, 5) is 11.2. The molecule has 1 saturated heterocycles. The van der Waals surface area contributed by atoms with Crippen LogP contribution in [0.2, 0.25) is 0 Å². The normalized spacial score (nSPS) is 47.0. The van der Waals surface area contributed by atoms with Gasteiger partial charge in [-0.15, -0.1) is 0 Å². The fraction of sp³-hybridized carbons (Fsp3) is 0.900. The highest BCUT2D eigenvalue weighted by Gasteiger charge is 2.43. The maximum absolute atomic E-state index is 11.2. The molecule has 0 N–H and O–H groups in total. The molecule has 0 aromatic rings. The van der Waals surface area contributed by atoms with E-state index in [0.717, 1.165) is 5.92 Å². The third-order valence-electron chi connectivity index (χ3n) is 3.67. The topological polar surface area (TPSA) is 26.3 Å². The van der Waals surface area contributed by atoms with E-state index in [1.165, 1.54) is 12.8 Å². The first-order valence-corrected chi connectivity index (χ1v) is 4.87. The summed E-state index contributed by atoms with van der Waals surface area (Å²) >= 11 is 0. The molecule has 0 amide bonds. The van der Waals surface area contributed by atoms with Crippen molar-refractivity contribution >= 4 is 5.97 Å². The summed E-state index contributed by atoms with van der Waals surface area (Å²) in [6, 6.07) is 0. The molecule has 2 heteroatoms. The first kappa shape index (κ1) is 8.09. The van der Waals surface area contributed by atoms with Gasteiger partial charge in [0.15, 0.2) is 0 Å². The number of esters is 1. The van der Waals surface area contributed by atoms with Crippen LogP contribution in [-0.2, 0) is 9.53 Å². The van der Waals surface area contributed by atoms with Gasteiger partial charge in [0.2, 0.25) is 0 Å². The molecule has 1 heterocycles. The molecular weight excluding hydrogens is 152 g/mol. The Morgan fingerprint density at radius 2 is 2.00 bits per heavy atom. The number of fused-ring (bicyclic) bond motifs is 1. The van der Waals surface area contributed by atoms with E-state index in [2.05, 4.69) is 6.92 Å². The van der Waals surface area contributed by atoms with Crippen LogP contribution >= 0.6 is 0 Å². The molecule has 2 fully saturated rings. The number of carbonyl (C=O) groups is 1. The summed E-state index contributed by atoms with van der Waals surface area (Å²) in [5.74, 6) is 2.18. The van der Waals surface area contributed by atoms with E-state index in [9.17, 15) is 4.79 Å². The molecular formula is C10H16O2. The predicted octanol–water partition coefficient (Wildman–Crippen LogP) is 1.84. The van der Waals surface area contributed by atoms with Gasteiger partial charge in [-0.2, -0.15) is 0 Å². The van der Waals surface area contributed by atoms with Crippen LogP contribution in [0.3, 0.4) is 0 Å². The highest BCUT2D eigenvalue weighted by atomic mass is 16.5. The van der Waals surface area contributed by atoms with Crippen LogP contribution in [0.4, 0.5) is 0 Å². The molecule has 4 atom stereocenters. The molecule has 0 aromatic carbocycles. The third kappa shape index (κ3) is 1.05. The second-order valence-corrected chi connectivity index (χ2v) is 4.30. The van der Waals surface area contributed by atoms with Gasteiger partial charge in [-0.05, 0) is 24.2 Å². The van der Waals surface area contributed by atoms with Crippen LogP contribution in [0.15, 0.2) is 0 Å². The van der Waals surface area contributed by atoms with Gasteiger partial charge in [-0.1, -0.05) is 20.3 Å². The Kier molecular flexibility index (Phi) is 1.85. The molecule has 0 bridgehead atoms. The highest BCUT2D eigenvalue weighted by Crippen LogP contribution is 2.43. The quantitative estimate of drug-likeness (QED) is 0.516. The Labute approximate surface area is 73.3 Å². The largest absolute Gasteiger partial charge is 0.465 e. The molecule has 2 nitrogen and oxygen atoms in total. The molecule has 2 rings (SSSR count). The van der Waals surface area contributed by atoms with E-state index in [1.807, 2.05) is 6.92 Å². The van der Waals surface area contributed by atoms with Crippen LogP contribution in [0, 0.1) is 23.7 Å². The van der Waals surface area contributed by atoms with Crippen LogP contribution < -0.4 is 0 Å². The van der Waals surface area contributed by atoms with Crippen molar-refractivity contribution in [3.05, 3.63) is 0 Å². The zero-order chi connectivity index (χ0) is 8.72. The highest BCUT2D eigenvalue weighted by molar-refractivity contribution is 5.73. The van der Waals surface area contributed by atoms with Crippen LogP contribution in [0.25, 0.3) is 0 Å². The zero-order valence-corrected chi connectivity index (χ0v) is 7.75. The van der Waals surface area contributed by atoms with Crippen LogP contribution in [0.5, 0.6) is 0 Å². The number of cyclic esters (lactones) is 1. The Balaban J connectivity index is 2.14. The summed E-state index contributed by atoms with van der Waals surface area (Å²) < 4.78 is 5.14. The molecule has 1 aliphatic carbocycles. The number of carbonyl (C=O) groups excluding carboxylic acids is 1. The Hall–Kier alpha value is -0.530. The second kappa shape index (κ2) is 2.75. The summed E-state index contributed by atoms with van der Waals surface area (Å²) in [7, 11) is 0. The molecule has 0 radical (unpaired) electrons. The monoisotopic (exact) mass is 168 g/mol. The molecule has 4 unspecified atom stereocenters. The molecule has 12 heavy (non-hydrogen) atoms. The number of rotatable bonds is 0. The van der Waals surface area contributed by atoms with Crippen molar-refractivity contribution in [1.29, 1.82) is 0 Å². The maximum atomic E-state index is 11.2. The second-order valence-electron chi connectivity index (χ2n) is 4.30. The van der Waals surface area contributed by atoms with Crippen molar-refractivity contribution in [2.75, 3.05) is 6.61 Å². The van der Waals surface area contributed by atoms with Gasteiger partial charge in [0.1, 0.15) is 0 Å². The van der Waals surface area contributed by atoms with Crippen molar-refractivity contribution in [3.8, 4) is 0 Å². The van der Waals surface area contributed by atoms with E-state index in [0.29, 0.717) is 18.4 Å². The number of hydrogen-bond donors (Lipinski definition) is 0. The van der Waals surface area contributed by atoms with Gasteiger partial charge < -0.3 is 4.74 Å². The first-order valence-electron chi connectivity index (χ1n) is 4.87. The summed E-state index contributed by atoms with van der Waals surface area (Å²) in [5, 5.41) is 0. The van der Waals surface area contributed by atoms with E-state index >= 15 is 0 Å². The van der Waals surface area contributed by atoms with Crippen molar-refractivity contribution in [2.45, 2.75) is 26.7 Å². The molecule has 2 aliphatic rings. The fourth-order valence-corrected chi connectivity index (χ4v) is 2.70. The van der Waals surface area contributed by atoms with Gasteiger partial charge in [0.25, 0.3) is 0 Å². The average Bonchev–Trinajstić information content (AvgIpc) is 2.41. The van der Waals surface area contributed by atoms with Crippen molar-refractivity contribution in [3.63, 3.8) is 0 Å². The van der Waals surface area contributed by atoms with Gasteiger partial charge in [-0.3, -0.25) is 4.79 Å². The van der Waals surface area contributed by atoms with Crippen LogP contribution in [-0.4, -0.2) is 12.6 Å². The van der Waals surface area contributed by atoms with Gasteiger partial charge in [-0.25, -0.2) is 0 Å². The Morgan fingerprint density at radius 3 is 2.75 bits per heavy atom. The minimum atomic E-state index is 0.0188. The summed E-state index contributed by atoms with van der Waals surface area (Å²) in [6.07, 6.45) is 2.50. The Morgan fingerprint density at radius 1 is 1.25 bits per heavy atom. The molecule has 1 saturated carbocycles. The number of ether oxygens (including phenoxy) is 1. The standard InChI is InChI=1S/C10H16O2/c1-6-3-4-8-7(2)10(11)12-5-9(6)8/h6-9H,3-5H2,1-2H3. The fourth-order valence-electron chi connectivity index (χ4n) is 2.70. The molecule has 1 aliphatic heterocycles. The van der Waals surface area contributed by atoms with E-state index in [4.69, 9.17) is 4.74 Å². The van der Waals surface area contributed by atoms with E-state index in [1.54, 1.807) is 0 Å². The van der Waals surface area contributed by atoms with E-state index < -0.39 is 0 Å². The van der Waals surface area contributed by atoms with Gasteiger partial charge in [0.05, 0.1) is 12.5 Å². The average molecular weight is 168 g/mol. The van der Waals surface area contributed by atoms with Gasteiger partial charge >= 0.3 is 5.97 Å². The van der Waals surface area contributed by atoms with Crippen molar-refractivity contribution < 1.29 is 9.53 Å². The predicted molar refractivity (Wildman–Crippen MR) is 45.5 cm³/mol. The number of hydrogen-bond acceptors (Lipinski definition) is 2. The molecule has 0 aromatic heterocycles. The maximum Gasteiger partial charge on any atom is 0.308 e. The summed E-state index contributed by atoms with van der Waals surface area (Å²) in [6.45, 7) is 4.96. The van der Waals surface area contributed by atoms with Crippen LogP contribution in [0.1, 0.15) is 26.7 Å². The lowest BCUT2D eigenvalue weighted by Gasteiger charge is -2.31. The van der Waals surface area contributed by atoms with Crippen molar-refractivity contribution in [2.24, 2.45) is 23.7 Å². The third-order valence-corrected chi connectivity index (χ3v) is 3.67. The summed E-state index contributed by atoms with van der Waals surface area (Å²) in [5.41, 5.74) is 0. The van der Waals surface area contributed by atoms with Crippen molar-refractivity contribution in [1.82, 2.24) is 0 Å². The first-order chi connectivity index (χ1) is 5.70. The molecule has 0 spiro atoms. The van der Waals surface area contributed by atoms with Gasteiger partial charge in [0, 0.05) is 0 Å². The lowest BCUT2D eigenvalue weighted by atomic mass is 9.81. The van der Waals surface area contributed by atoms with E-state index in [-0.39, 0.29) is 11.9 Å². The smallest absolute Gasteiger partial charge is 0.308 e. The zero-order valence-electron chi connectivity index (χ0n) is 7.75. The lowest BCUT2D eigenvalue weighted by molar-refractivity contribution is -0.159. The minimum absolute atomic E-state index is 0.0188. The molecule has 68 valence electrons. The minimum Gasteiger partial charge on any atom is -0.465 e. The SMILES string of the molecule is CC1CCC2C(C)C(=O)OCC12. The lowest BCUT2D eigenvalue weighted by Crippen LogP contribution is -2.36. The Bertz CT molecular complexity index is 200.